The van der Waals surface area contributed by atoms with Crippen molar-refractivity contribution in [3.63, 3.8) is 0 Å². The van der Waals surface area contributed by atoms with Gasteiger partial charge in [0.15, 0.2) is 0 Å². The minimum Gasteiger partial charge on any atom is -0.462 e. The highest BCUT2D eigenvalue weighted by Gasteiger charge is 1.99. The molecular formula is C12H22N2O2. The van der Waals surface area contributed by atoms with E-state index in [2.05, 4.69) is 24.3 Å². The molecular weight excluding hydrogens is 204 g/mol. The summed E-state index contributed by atoms with van der Waals surface area (Å²) in [5.74, 6) is 1.51. The minimum atomic E-state index is -0.0250. The SMILES string of the molecule is CN(C)CCCCNCc1ccc(CO)o1. The van der Waals surface area contributed by atoms with Gasteiger partial charge in [0.1, 0.15) is 18.1 Å². The van der Waals surface area contributed by atoms with Gasteiger partial charge in [0.25, 0.3) is 0 Å². The number of aliphatic hydroxyl groups excluding tert-OH is 1. The van der Waals surface area contributed by atoms with Crippen molar-refractivity contribution < 1.29 is 9.52 Å². The predicted octanol–water partition coefficient (Wildman–Crippen LogP) is 1.20. The molecule has 1 aromatic rings. The highest BCUT2D eigenvalue weighted by Crippen LogP contribution is 2.06. The second kappa shape index (κ2) is 7.44. The van der Waals surface area contributed by atoms with Crippen LogP contribution in [0.3, 0.4) is 0 Å². The normalized spacial score (nSPS) is 11.2. The van der Waals surface area contributed by atoms with Gasteiger partial charge in [0.05, 0.1) is 6.54 Å². The molecule has 0 saturated heterocycles. The van der Waals surface area contributed by atoms with Crippen molar-refractivity contribution in [2.24, 2.45) is 0 Å². The van der Waals surface area contributed by atoms with E-state index in [9.17, 15) is 0 Å². The van der Waals surface area contributed by atoms with Crippen LogP contribution >= 0.6 is 0 Å². The molecule has 1 rings (SSSR count). The van der Waals surface area contributed by atoms with E-state index in [0.717, 1.165) is 25.4 Å². The van der Waals surface area contributed by atoms with E-state index < -0.39 is 0 Å². The number of hydrogen-bond acceptors (Lipinski definition) is 4. The Morgan fingerprint density at radius 3 is 2.62 bits per heavy atom. The van der Waals surface area contributed by atoms with E-state index >= 15 is 0 Å². The molecule has 0 atom stereocenters. The first-order valence-corrected chi connectivity index (χ1v) is 5.76. The summed E-state index contributed by atoms with van der Waals surface area (Å²) in [6.07, 6.45) is 2.38. The number of nitrogens with zero attached hydrogens (tertiary/aromatic N) is 1. The van der Waals surface area contributed by atoms with Crippen LogP contribution in [0, 0.1) is 0 Å². The molecule has 0 radical (unpaired) electrons. The third-order valence-corrected chi connectivity index (χ3v) is 2.38. The molecule has 0 bridgehead atoms. The van der Waals surface area contributed by atoms with Gasteiger partial charge in [-0.3, -0.25) is 0 Å². The monoisotopic (exact) mass is 226 g/mol. The van der Waals surface area contributed by atoms with Gasteiger partial charge in [-0.2, -0.15) is 0 Å². The summed E-state index contributed by atoms with van der Waals surface area (Å²) in [5, 5.41) is 12.1. The molecule has 92 valence electrons. The summed E-state index contributed by atoms with van der Waals surface area (Å²) in [5.41, 5.74) is 0. The van der Waals surface area contributed by atoms with Crippen molar-refractivity contribution in [1.82, 2.24) is 10.2 Å². The second-order valence-electron chi connectivity index (χ2n) is 4.21. The summed E-state index contributed by atoms with van der Waals surface area (Å²) in [6.45, 7) is 2.85. The molecule has 0 aliphatic carbocycles. The zero-order chi connectivity index (χ0) is 11.8. The summed E-state index contributed by atoms with van der Waals surface area (Å²) in [4.78, 5) is 2.19. The van der Waals surface area contributed by atoms with Crippen molar-refractivity contribution in [3.8, 4) is 0 Å². The van der Waals surface area contributed by atoms with Gasteiger partial charge >= 0.3 is 0 Å². The summed E-state index contributed by atoms with van der Waals surface area (Å²) in [7, 11) is 4.18. The van der Waals surface area contributed by atoms with E-state index in [1.54, 1.807) is 0 Å². The number of hydrogen-bond donors (Lipinski definition) is 2. The predicted molar refractivity (Wildman–Crippen MR) is 64.1 cm³/mol. The first-order valence-electron chi connectivity index (χ1n) is 5.76. The molecule has 0 amide bonds. The van der Waals surface area contributed by atoms with Crippen LogP contribution in [0.5, 0.6) is 0 Å². The molecule has 0 aliphatic rings. The second-order valence-corrected chi connectivity index (χ2v) is 4.21. The van der Waals surface area contributed by atoms with Crippen LogP contribution in [-0.4, -0.2) is 37.2 Å². The highest BCUT2D eigenvalue weighted by molar-refractivity contribution is 5.05. The summed E-state index contributed by atoms with van der Waals surface area (Å²) < 4.78 is 5.36. The zero-order valence-electron chi connectivity index (χ0n) is 10.2. The summed E-state index contributed by atoms with van der Waals surface area (Å²) >= 11 is 0. The quantitative estimate of drug-likeness (QED) is 0.654. The van der Waals surface area contributed by atoms with Crippen LogP contribution in [0.15, 0.2) is 16.5 Å². The maximum absolute atomic E-state index is 8.83. The fraction of sp³-hybridized carbons (Fsp3) is 0.667. The van der Waals surface area contributed by atoms with Gasteiger partial charge in [-0.1, -0.05) is 0 Å². The van der Waals surface area contributed by atoms with Gasteiger partial charge in [-0.05, 0) is 52.2 Å². The van der Waals surface area contributed by atoms with E-state index in [4.69, 9.17) is 9.52 Å². The van der Waals surface area contributed by atoms with Crippen molar-refractivity contribution >= 4 is 0 Å². The zero-order valence-corrected chi connectivity index (χ0v) is 10.2. The molecule has 0 aliphatic heterocycles. The smallest absolute Gasteiger partial charge is 0.129 e. The first kappa shape index (κ1) is 13.2. The number of nitrogens with one attached hydrogen (secondary N) is 1. The van der Waals surface area contributed by atoms with Crippen molar-refractivity contribution in [2.75, 3.05) is 27.2 Å². The third-order valence-electron chi connectivity index (χ3n) is 2.38. The lowest BCUT2D eigenvalue weighted by atomic mass is 10.3. The largest absolute Gasteiger partial charge is 0.462 e. The van der Waals surface area contributed by atoms with Crippen LogP contribution in [0.2, 0.25) is 0 Å². The van der Waals surface area contributed by atoms with E-state index in [1.165, 1.54) is 12.8 Å². The number of furan rings is 1. The molecule has 1 aromatic heterocycles. The molecule has 0 unspecified atom stereocenters. The molecule has 0 fully saturated rings. The third kappa shape index (κ3) is 5.30. The lowest BCUT2D eigenvalue weighted by Gasteiger charge is -2.08. The molecule has 0 aromatic carbocycles. The maximum Gasteiger partial charge on any atom is 0.129 e. The Balaban J connectivity index is 2.02. The number of unbranched alkanes of at least 4 members (excludes halogenated alkanes) is 1. The molecule has 0 saturated carbocycles. The van der Waals surface area contributed by atoms with Crippen LogP contribution in [0.1, 0.15) is 24.4 Å². The minimum absolute atomic E-state index is 0.0250. The molecule has 2 N–H and O–H groups in total. The number of aliphatic hydroxyl groups is 1. The molecule has 4 heteroatoms. The lowest BCUT2D eigenvalue weighted by Crippen LogP contribution is -2.17. The van der Waals surface area contributed by atoms with Gasteiger partial charge in [-0.15, -0.1) is 0 Å². The first-order chi connectivity index (χ1) is 7.72. The van der Waals surface area contributed by atoms with Gasteiger partial charge in [-0.25, -0.2) is 0 Å². The molecule has 0 spiro atoms. The Labute approximate surface area is 97.2 Å². The van der Waals surface area contributed by atoms with Gasteiger partial charge < -0.3 is 19.7 Å². The van der Waals surface area contributed by atoms with E-state index in [1.807, 2.05) is 12.1 Å². The molecule has 4 nitrogen and oxygen atoms in total. The fourth-order valence-electron chi connectivity index (χ4n) is 1.49. The van der Waals surface area contributed by atoms with Crippen LogP contribution < -0.4 is 5.32 Å². The Kier molecular flexibility index (Phi) is 6.15. The maximum atomic E-state index is 8.83. The van der Waals surface area contributed by atoms with Crippen molar-refractivity contribution in [3.05, 3.63) is 23.7 Å². The van der Waals surface area contributed by atoms with Crippen LogP contribution in [0.4, 0.5) is 0 Å². The topological polar surface area (TPSA) is 48.6 Å². The van der Waals surface area contributed by atoms with Crippen LogP contribution in [-0.2, 0) is 13.2 Å². The molecule has 16 heavy (non-hydrogen) atoms. The van der Waals surface area contributed by atoms with Gasteiger partial charge in [0.2, 0.25) is 0 Å². The standard InChI is InChI=1S/C12H22N2O2/c1-14(2)8-4-3-7-13-9-11-5-6-12(10-15)16-11/h5-6,13,15H,3-4,7-10H2,1-2H3. The number of rotatable bonds is 8. The van der Waals surface area contributed by atoms with Crippen molar-refractivity contribution in [2.45, 2.75) is 26.0 Å². The van der Waals surface area contributed by atoms with E-state index in [0.29, 0.717) is 5.76 Å². The average molecular weight is 226 g/mol. The molecule has 1 heterocycles. The highest BCUT2D eigenvalue weighted by atomic mass is 16.4. The Hall–Kier alpha value is -0.840. The van der Waals surface area contributed by atoms with Crippen LogP contribution in [0.25, 0.3) is 0 Å². The van der Waals surface area contributed by atoms with E-state index in [-0.39, 0.29) is 6.61 Å². The fourth-order valence-corrected chi connectivity index (χ4v) is 1.49. The summed E-state index contributed by atoms with van der Waals surface area (Å²) in [6, 6.07) is 3.71. The average Bonchev–Trinajstić information content (AvgIpc) is 2.70. The Morgan fingerprint density at radius 2 is 2.00 bits per heavy atom. The lowest BCUT2D eigenvalue weighted by molar-refractivity contribution is 0.242. The van der Waals surface area contributed by atoms with Crippen molar-refractivity contribution in [1.29, 1.82) is 0 Å². The Bertz CT molecular complexity index is 284. The van der Waals surface area contributed by atoms with Gasteiger partial charge in [0, 0.05) is 0 Å². The Morgan fingerprint density at radius 1 is 1.25 bits per heavy atom.